The molecule has 0 saturated carbocycles. The van der Waals surface area contributed by atoms with Gasteiger partial charge in [-0.2, -0.15) is 0 Å². The van der Waals surface area contributed by atoms with E-state index in [9.17, 15) is 0 Å². The van der Waals surface area contributed by atoms with Crippen molar-refractivity contribution in [2.45, 2.75) is 12.5 Å². The summed E-state index contributed by atoms with van der Waals surface area (Å²) in [5.74, 6) is 0. The Morgan fingerprint density at radius 1 is 1.06 bits per heavy atom. The number of benzene rings is 1. The molecule has 0 aliphatic rings. The van der Waals surface area contributed by atoms with E-state index in [1.165, 1.54) is 0 Å². The zero-order chi connectivity index (χ0) is 11.4. The molecule has 0 amide bonds. The van der Waals surface area contributed by atoms with Crippen LogP contribution in [0, 0.1) is 0 Å². The predicted molar refractivity (Wildman–Crippen MR) is 60.8 cm³/mol. The minimum absolute atomic E-state index is 0.670. The molecule has 1 unspecified atom stereocenters. The molecule has 1 aromatic heterocycles. The second-order valence-corrected chi connectivity index (χ2v) is 3.71. The van der Waals surface area contributed by atoms with Crippen molar-refractivity contribution in [1.82, 2.24) is 4.98 Å². The van der Waals surface area contributed by atoms with Crippen molar-refractivity contribution in [3.05, 3.63) is 66.0 Å². The third-order valence-electron chi connectivity index (χ3n) is 2.66. The normalized spacial score (nSPS) is 14.4. The largest absolute Gasteiger partial charge is 0.258 e. The molecule has 2 aromatic rings. The summed E-state index contributed by atoms with van der Waals surface area (Å²) in [6.45, 7) is 1.78. The lowest BCUT2D eigenvalue weighted by Gasteiger charge is -2.25. The van der Waals surface area contributed by atoms with Gasteiger partial charge in [-0.15, -0.1) is 0 Å². The summed E-state index contributed by atoms with van der Waals surface area (Å²) in [5.41, 5.74) is 0.600. The van der Waals surface area contributed by atoms with Crippen molar-refractivity contribution in [3.63, 3.8) is 0 Å². The van der Waals surface area contributed by atoms with Gasteiger partial charge in [-0.1, -0.05) is 36.4 Å². The molecule has 1 atom stereocenters. The van der Waals surface area contributed by atoms with Crippen molar-refractivity contribution >= 4 is 0 Å². The van der Waals surface area contributed by atoms with Crippen LogP contribution in [0.1, 0.15) is 18.2 Å². The van der Waals surface area contributed by atoms with Crippen LogP contribution in [-0.2, 0) is 10.5 Å². The maximum atomic E-state index is 9.15. The molecule has 82 valence electrons. The molecule has 0 aliphatic carbocycles. The molecule has 16 heavy (non-hydrogen) atoms. The first-order chi connectivity index (χ1) is 7.77. The Morgan fingerprint density at radius 2 is 1.75 bits per heavy atom. The SMILES string of the molecule is CC(OO)(c1ccccc1)c1ccccn1. The highest BCUT2D eigenvalue weighted by Crippen LogP contribution is 2.30. The standard InChI is InChI=1S/C13H13NO2/c1-13(16-15,11-7-3-2-4-8-11)12-9-5-6-10-14-12/h2-10,15H,1H3. The monoisotopic (exact) mass is 215 g/mol. The van der Waals surface area contributed by atoms with Crippen molar-refractivity contribution in [2.24, 2.45) is 0 Å². The Bertz CT molecular complexity index is 403. The van der Waals surface area contributed by atoms with Gasteiger partial charge in [0.05, 0.1) is 5.69 Å². The van der Waals surface area contributed by atoms with Crippen LogP contribution in [0.2, 0.25) is 0 Å². The van der Waals surface area contributed by atoms with E-state index in [0.717, 1.165) is 5.56 Å². The summed E-state index contributed by atoms with van der Waals surface area (Å²) >= 11 is 0. The first-order valence-corrected chi connectivity index (χ1v) is 5.07. The quantitative estimate of drug-likeness (QED) is 0.632. The minimum Gasteiger partial charge on any atom is -0.258 e. The zero-order valence-electron chi connectivity index (χ0n) is 9.00. The lowest BCUT2D eigenvalue weighted by Crippen LogP contribution is -2.27. The lowest BCUT2D eigenvalue weighted by molar-refractivity contribution is -0.311. The van der Waals surface area contributed by atoms with Crippen LogP contribution >= 0.6 is 0 Å². The van der Waals surface area contributed by atoms with Gasteiger partial charge in [-0.05, 0) is 24.6 Å². The molecule has 1 heterocycles. The molecule has 0 radical (unpaired) electrons. The summed E-state index contributed by atoms with van der Waals surface area (Å²) in [6.07, 6.45) is 1.68. The maximum Gasteiger partial charge on any atom is 0.167 e. The number of rotatable bonds is 3. The number of aromatic nitrogens is 1. The molecular formula is C13H13NO2. The fourth-order valence-electron chi connectivity index (χ4n) is 1.65. The molecule has 0 fully saturated rings. The molecule has 3 nitrogen and oxygen atoms in total. The van der Waals surface area contributed by atoms with Gasteiger partial charge in [0.2, 0.25) is 0 Å². The molecular weight excluding hydrogens is 202 g/mol. The van der Waals surface area contributed by atoms with Gasteiger partial charge in [0.1, 0.15) is 0 Å². The fraction of sp³-hybridized carbons (Fsp3) is 0.154. The molecule has 2 rings (SSSR count). The second-order valence-electron chi connectivity index (χ2n) is 3.71. The van der Waals surface area contributed by atoms with Gasteiger partial charge < -0.3 is 0 Å². The Balaban J connectivity index is 2.49. The molecule has 0 spiro atoms. The number of pyridine rings is 1. The van der Waals surface area contributed by atoms with E-state index in [0.29, 0.717) is 5.69 Å². The first kappa shape index (κ1) is 10.8. The highest BCUT2D eigenvalue weighted by molar-refractivity contribution is 5.31. The third kappa shape index (κ3) is 1.83. The van der Waals surface area contributed by atoms with Gasteiger partial charge in [-0.3, -0.25) is 10.2 Å². The number of nitrogens with zero attached hydrogens (tertiary/aromatic N) is 1. The minimum atomic E-state index is -0.928. The van der Waals surface area contributed by atoms with Crippen LogP contribution in [0.4, 0.5) is 0 Å². The highest BCUT2D eigenvalue weighted by atomic mass is 17.1. The lowest BCUT2D eigenvalue weighted by atomic mass is 9.92. The topological polar surface area (TPSA) is 42.4 Å². The van der Waals surface area contributed by atoms with Gasteiger partial charge in [0.25, 0.3) is 0 Å². The van der Waals surface area contributed by atoms with Gasteiger partial charge in [0.15, 0.2) is 5.60 Å². The summed E-state index contributed by atoms with van der Waals surface area (Å²) < 4.78 is 0. The first-order valence-electron chi connectivity index (χ1n) is 5.07. The molecule has 0 aliphatic heterocycles. The fourth-order valence-corrected chi connectivity index (χ4v) is 1.65. The van der Waals surface area contributed by atoms with E-state index in [1.807, 2.05) is 48.5 Å². The Hall–Kier alpha value is -1.71. The summed E-state index contributed by atoms with van der Waals surface area (Å²) in [7, 11) is 0. The van der Waals surface area contributed by atoms with E-state index < -0.39 is 5.60 Å². The van der Waals surface area contributed by atoms with Crippen molar-refractivity contribution in [1.29, 1.82) is 0 Å². The van der Waals surface area contributed by atoms with E-state index in [2.05, 4.69) is 9.87 Å². The maximum absolute atomic E-state index is 9.15. The molecule has 3 heteroatoms. The molecule has 1 aromatic carbocycles. The van der Waals surface area contributed by atoms with Crippen LogP contribution < -0.4 is 0 Å². The van der Waals surface area contributed by atoms with Crippen molar-refractivity contribution < 1.29 is 10.1 Å². The predicted octanol–water partition coefficient (Wildman–Crippen LogP) is 2.83. The van der Waals surface area contributed by atoms with Crippen LogP contribution in [0.25, 0.3) is 0 Å². The van der Waals surface area contributed by atoms with Crippen molar-refractivity contribution in [2.75, 3.05) is 0 Å². The van der Waals surface area contributed by atoms with Gasteiger partial charge in [0, 0.05) is 6.20 Å². The summed E-state index contributed by atoms with van der Waals surface area (Å²) in [6, 6.07) is 15.0. The van der Waals surface area contributed by atoms with Crippen LogP contribution in [-0.4, -0.2) is 10.2 Å². The third-order valence-corrected chi connectivity index (χ3v) is 2.66. The number of hydrogen-bond donors (Lipinski definition) is 1. The second kappa shape index (κ2) is 4.43. The molecule has 1 N–H and O–H groups in total. The number of hydrogen-bond acceptors (Lipinski definition) is 3. The smallest absolute Gasteiger partial charge is 0.167 e. The highest BCUT2D eigenvalue weighted by Gasteiger charge is 2.31. The van der Waals surface area contributed by atoms with Gasteiger partial charge >= 0.3 is 0 Å². The summed E-state index contributed by atoms with van der Waals surface area (Å²) in [5, 5.41) is 9.15. The van der Waals surface area contributed by atoms with E-state index in [1.54, 1.807) is 13.1 Å². The van der Waals surface area contributed by atoms with Crippen LogP contribution in [0.15, 0.2) is 54.7 Å². The Morgan fingerprint density at radius 3 is 2.31 bits per heavy atom. The Kier molecular flexibility index (Phi) is 2.99. The molecule has 0 saturated heterocycles. The van der Waals surface area contributed by atoms with Gasteiger partial charge in [-0.25, -0.2) is 4.89 Å². The van der Waals surface area contributed by atoms with Crippen LogP contribution in [0.5, 0.6) is 0 Å². The van der Waals surface area contributed by atoms with Crippen LogP contribution in [0.3, 0.4) is 0 Å². The average molecular weight is 215 g/mol. The van der Waals surface area contributed by atoms with E-state index in [4.69, 9.17) is 5.26 Å². The van der Waals surface area contributed by atoms with E-state index >= 15 is 0 Å². The van der Waals surface area contributed by atoms with E-state index in [-0.39, 0.29) is 0 Å². The zero-order valence-corrected chi connectivity index (χ0v) is 9.00. The molecule has 0 bridgehead atoms. The van der Waals surface area contributed by atoms with Crippen molar-refractivity contribution in [3.8, 4) is 0 Å². The Labute approximate surface area is 94.3 Å². The summed E-state index contributed by atoms with van der Waals surface area (Å²) in [4.78, 5) is 8.86. The average Bonchev–Trinajstić information content (AvgIpc) is 2.40.